The lowest BCUT2D eigenvalue weighted by atomic mass is 10.1. The molecule has 7 heteroatoms. The summed E-state index contributed by atoms with van der Waals surface area (Å²) in [6, 6.07) is 7.28. The van der Waals surface area contributed by atoms with E-state index in [1.807, 2.05) is 18.5 Å². The van der Waals surface area contributed by atoms with Crippen LogP contribution in [-0.2, 0) is 13.6 Å². The molecule has 0 bridgehead atoms. The molecule has 1 aromatic heterocycles. The number of anilines is 1. The molecular weight excluding hydrogens is 374 g/mol. The predicted molar refractivity (Wildman–Crippen MR) is 122 cm³/mol. The maximum absolute atomic E-state index is 4.97. The first-order chi connectivity index (χ1) is 14.5. The van der Waals surface area contributed by atoms with Crippen LogP contribution in [0.25, 0.3) is 0 Å². The first-order valence-corrected chi connectivity index (χ1v) is 11.2. The number of aryl methyl sites for hydroxylation is 3. The van der Waals surface area contributed by atoms with Gasteiger partial charge in [0.15, 0.2) is 11.8 Å². The molecule has 2 fully saturated rings. The Morgan fingerprint density at radius 2 is 1.80 bits per heavy atom. The highest BCUT2D eigenvalue weighted by Gasteiger charge is 2.24. The van der Waals surface area contributed by atoms with Gasteiger partial charge in [0.25, 0.3) is 0 Å². The third kappa shape index (κ3) is 4.60. The van der Waals surface area contributed by atoms with E-state index in [9.17, 15) is 0 Å². The molecule has 2 aromatic rings. The van der Waals surface area contributed by atoms with Crippen LogP contribution < -0.4 is 10.2 Å². The second kappa shape index (κ2) is 9.06. The third-order valence-corrected chi connectivity index (χ3v) is 6.53. The fourth-order valence-electron chi connectivity index (χ4n) is 4.44. The van der Waals surface area contributed by atoms with E-state index in [1.165, 1.54) is 42.5 Å². The van der Waals surface area contributed by atoms with E-state index < -0.39 is 0 Å². The number of nitrogens with one attached hydrogen (secondary N) is 1. The van der Waals surface area contributed by atoms with Gasteiger partial charge in [0.1, 0.15) is 12.4 Å². The summed E-state index contributed by atoms with van der Waals surface area (Å²) < 4.78 is 2.02. The summed E-state index contributed by atoms with van der Waals surface area (Å²) in [5.74, 6) is 2.86. The third-order valence-electron chi connectivity index (χ3n) is 6.53. The molecule has 30 heavy (non-hydrogen) atoms. The molecule has 0 spiro atoms. The highest BCUT2D eigenvalue weighted by Crippen LogP contribution is 2.23. The quantitative estimate of drug-likeness (QED) is 0.621. The maximum Gasteiger partial charge on any atom is 0.194 e. The Morgan fingerprint density at radius 1 is 1.07 bits per heavy atom. The van der Waals surface area contributed by atoms with Crippen molar-refractivity contribution in [1.82, 2.24) is 25.0 Å². The highest BCUT2D eigenvalue weighted by atomic mass is 15.4. The van der Waals surface area contributed by atoms with Crippen molar-refractivity contribution in [2.24, 2.45) is 12.0 Å². The molecule has 1 saturated carbocycles. The number of aromatic nitrogens is 3. The molecule has 2 heterocycles. The van der Waals surface area contributed by atoms with Gasteiger partial charge in [-0.1, -0.05) is 25.0 Å². The smallest absolute Gasteiger partial charge is 0.194 e. The van der Waals surface area contributed by atoms with Crippen LogP contribution in [0.3, 0.4) is 0 Å². The van der Waals surface area contributed by atoms with E-state index >= 15 is 0 Å². The average Bonchev–Trinajstić information content (AvgIpc) is 3.38. The zero-order chi connectivity index (χ0) is 21.1. The van der Waals surface area contributed by atoms with Crippen LogP contribution >= 0.6 is 0 Å². The van der Waals surface area contributed by atoms with Gasteiger partial charge in [0.05, 0.1) is 0 Å². The number of rotatable bonds is 4. The zero-order valence-electron chi connectivity index (χ0n) is 18.9. The first-order valence-electron chi connectivity index (χ1n) is 11.2. The van der Waals surface area contributed by atoms with Crippen molar-refractivity contribution in [1.29, 1.82) is 0 Å². The lowest BCUT2D eigenvalue weighted by Crippen LogP contribution is -2.54. The molecule has 0 atom stereocenters. The second-order valence-corrected chi connectivity index (χ2v) is 8.75. The molecule has 162 valence electrons. The van der Waals surface area contributed by atoms with Crippen LogP contribution in [-0.4, -0.2) is 57.8 Å². The van der Waals surface area contributed by atoms with Gasteiger partial charge in [-0.3, -0.25) is 0 Å². The van der Waals surface area contributed by atoms with Gasteiger partial charge in [0.2, 0.25) is 0 Å². The Labute approximate surface area is 180 Å². The lowest BCUT2D eigenvalue weighted by Gasteiger charge is -2.39. The summed E-state index contributed by atoms with van der Waals surface area (Å²) in [5.41, 5.74) is 4.04. The average molecular weight is 410 g/mol. The van der Waals surface area contributed by atoms with E-state index in [4.69, 9.17) is 4.99 Å². The number of aliphatic imine (C=N–C) groups is 1. The Balaban J connectivity index is 1.46. The number of nitrogens with zero attached hydrogens (tertiary/aromatic N) is 6. The molecule has 0 amide bonds. The molecule has 4 rings (SSSR count). The van der Waals surface area contributed by atoms with Gasteiger partial charge in [0, 0.05) is 45.0 Å². The summed E-state index contributed by atoms with van der Waals surface area (Å²) in [5, 5.41) is 12.2. The minimum atomic E-state index is 0.544. The number of hydrogen-bond donors (Lipinski definition) is 1. The highest BCUT2D eigenvalue weighted by molar-refractivity contribution is 5.80. The molecule has 2 aliphatic rings. The van der Waals surface area contributed by atoms with E-state index in [1.54, 1.807) is 0 Å². The Hall–Kier alpha value is -2.57. The Morgan fingerprint density at radius 3 is 2.47 bits per heavy atom. The minimum absolute atomic E-state index is 0.544. The molecule has 0 unspecified atom stereocenters. The molecule has 1 saturated heterocycles. The molecule has 1 N–H and O–H groups in total. The Bertz CT molecular complexity index is 887. The van der Waals surface area contributed by atoms with Gasteiger partial charge in [-0.15, -0.1) is 10.2 Å². The summed E-state index contributed by atoms with van der Waals surface area (Å²) in [4.78, 5) is 9.91. The van der Waals surface area contributed by atoms with Crippen LogP contribution in [0.1, 0.15) is 48.5 Å². The summed E-state index contributed by atoms with van der Waals surface area (Å²) in [6.45, 7) is 10.9. The van der Waals surface area contributed by atoms with Gasteiger partial charge >= 0.3 is 0 Å². The SMILES string of the molecule is Cc1ccc(C)c(N2CCN(C(=NCc3nnc(C)n3C)NC3CCCC3)CC2)c1. The van der Waals surface area contributed by atoms with Crippen molar-refractivity contribution in [3.63, 3.8) is 0 Å². The fraction of sp³-hybridized carbons (Fsp3) is 0.609. The molecule has 7 nitrogen and oxygen atoms in total. The topological polar surface area (TPSA) is 61.6 Å². The normalized spacial score (nSPS) is 18.3. The van der Waals surface area contributed by atoms with Crippen molar-refractivity contribution in [2.45, 2.75) is 59.0 Å². The molecular formula is C23H35N7. The van der Waals surface area contributed by atoms with E-state index in [2.05, 4.69) is 57.4 Å². The summed E-state index contributed by atoms with van der Waals surface area (Å²) in [6.07, 6.45) is 5.11. The van der Waals surface area contributed by atoms with Gasteiger partial charge in [-0.25, -0.2) is 4.99 Å². The summed E-state index contributed by atoms with van der Waals surface area (Å²) >= 11 is 0. The van der Waals surface area contributed by atoms with Crippen molar-refractivity contribution >= 4 is 11.6 Å². The van der Waals surface area contributed by atoms with E-state index in [-0.39, 0.29) is 0 Å². The predicted octanol–water partition coefficient (Wildman–Crippen LogP) is 2.95. The van der Waals surface area contributed by atoms with E-state index in [0.717, 1.165) is 43.8 Å². The van der Waals surface area contributed by atoms with Gasteiger partial charge in [-0.05, 0) is 50.8 Å². The van der Waals surface area contributed by atoms with Crippen molar-refractivity contribution in [3.8, 4) is 0 Å². The molecule has 1 aromatic carbocycles. The van der Waals surface area contributed by atoms with Crippen LogP contribution in [0.15, 0.2) is 23.2 Å². The van der Waals surface area contributed by atoms with Crippen LogP contribution in [0, 0.1) is 20.8 Å². The minimum Gasteiger partial charge on any atom is -0.368 e. The van der Waals surface area contributed by atoms with Crippen molar-refractivity contribution in [2.75, 3.05) is 31.1 Å². The lowest BCUT2D eigenvalue weighted by molar-refractivity contribution is 0.365. The number of guanidine groups is 1. The standard InChI is InChI=1S/C23H35N7/c1-17-9-10-18(2)21(15-17)29-11-13-30(14-12-29)23(25-20-7-5-6-8-20)24-16-22-27-26-19(3)28(22)4/h9-10,15,20H,5-8,11-14,16H2,1-4H3,(H,24,25). The van der Waals surface area contributed by atoms with Crippen molar-refractivity contribution < 1.29 is 0 Å². The van der Waals surface area contributed by atoms with Gasteiger partial charge in [-0.2, -0.15) is 0 Å². The van der Waals surface area contributed by atoms with Crippen LogP contribution in [0.4, 0.5) is 5.69 Å². The van der Waals surface area contributed by atoms with Gasteiger partial charge < -0.3 is 19.7 Å². The molecule has 0 radical (unpaired) electrons. The number of piperazine rings is 1. The van der Waals surface area contributed by atoms with E-state index in [0.29, 0.717) is 12.6 Å². The molecule has 1 aliphatic carbocycles. The number of hydrogen-bond acceptors (Lipinski definition) is 4. The summed E-state index contributed by atoms with van der Waals surface area (Å²) in [7, 11) is 2.01. The fourth-order valence-corrected chi connectivity index (χ4v) is 4.44. The second-order valence-electron chi connectivity index (χ2n) is 8.75. The monoisotopic (exact) mass is 409 g/mol. The largest absolute Gasteiger partial charge is 0.368 e. The molecule has 1 aliphatic heterocycles. The maximum atomic E-state index is 4.97. The Kier molecular flexibility index (Phi) is 6.25. The first kappa shape index (κ1) is 20.7. The van der Waals surface area contributed by atoms with Crippen LogP contribution in [0.5, 0.6) is 0 Å². The van der Waals surface area contributed by atoms with Crippen LogP contribution in [0.2, 0.25) is 0 Å². The number of benzene rings is 1. The zero-order valence-corrected chi connectivity index (χ0v) is 18.9. The van der Waals surface area contributed by atoms with Crippen molar-refractivity contribution in [3.05, 3.63) is 41.0 Å².